The maximum absolute atomic E-state index is 12.0. The second kappa shape index (κ2) is 6.43. The number of allylic oxidation sites excluding steroid dienone is 2. The first-order valence-corrected chi connectivity index (χ1v) is 6.25. The normalized spacial score (nSPS) is 10.4. The highest BCUT2D eigenvalue weighted by atomic mass is 16.1. The standard InChI is InChI=1S/C18H14O2/c1-2-17(19)16-11-7-6-8-14(16)12-13-18(20)15-9-4-3-5-10-15/h2-13H,1H2/b13-12+. The predicted octanol–water partition coefficient (Wildman–Crippen LogP) is 3.95. The Labute approximate surface area is 118 Å². The van der Waals surface area contributed by atoms with Gasteiger partial charge in [-0.25, -0.2) is 0 Å². The second-order valence-corrected chi connectivity index (χ2v) is 4.22. The molecule has 0 saturated carbocycles. The van der Waals surface area contributed by atoms with E-state index in [0.29, 0.717) is 16.7 Å². The van der Waals surface area contributed by atoms with Gasteiger partial charge in [-0.2, -0.15) is 0 Å². The fourth-order valence-electron chi connectivity index (χ4n) is 1.84. The van der Waals surface area contributed by atoms with Crippen molar-refractivity contribution < 1.29 is 9.59 Å². The van der Waals surface area contributed by atoms with Crippen molar-refractivity contribution in [3.63, 3.8) is 0 Å². The van der Waals surface area contributed by atoms with Crippen LogP contribution in [0.5, 0.6) is 0 Å². The van der Waals surface area contributed by atoms with Crippen LogP contribution in [0.25, 0.3) is 6.08 Å². The Balaban J connectivity index is 2.26. The summed E-state index contributed by atoms with van der Waals surface area (Å²) in [5.41, 5.74) is 1.87. The second-order valence-electron chi connectivity index (χ2n) is 4.22. The zero-order chi connectivity index (χ0) is 14.4. The van der Waals surface area contributed by atoms with Crippen LogP contribution < -0.4 is 0 Å². The molecule has 0 spiro atoms. The predicted molar refractivity (Wildman–Crippen MR) is 80.8 cm³/mol. The molecule has 0 aliphatic rings. The van der Waals surface area contributed by atoms with Gasteiger partial charge in [0.25, 0.3) is 0 Å². The van der Waals surface area contributed by atoms with Crippen molar-refractivity contribution in [1.29, 1.82) is 0 Å². The number of rotatable bonds is 5. The van der Waals surface area contributed by atoms with E-state index < -0.39 is 0 Å². The molecule has 0 radical (unpaired) electrons. The molecule has 0 aliphatic carbocycles. The number of carbonyl (C=O) groups excluding carboxylic acids is 2. The summed E-state index contributed by atoms with van der Waals surface area (Å²) in [6, 6.07) is 16.1. The highest BCUT2D eigenvalue weighted by Crippen LogP contribution is 2.13. The van der Waals surface area contributed by atoms with E-state index in [4.69, 9.17) is 0 Å². The molecule has 0 aliphatic heterocycles. The third-order valence-electron chi connectivity index (χ3n) is 2.88. The first kappa shape index (κ1) is 13.7. The number of benzene rings is 2. The van der Waals surface area contributed by atoms with E-state index >= 15 is 0 Å². The van der Waals surface area contributed by atoms with Crippen molar-refractivity contribution >= 4 is 17.6 Å². The molecule has 0 aromatic heterocycles. The molecular weight excluding hydrogens is 248 g/mol. The lowest BCUT2D eigenvalue weighted by molar-refractivity contribution is 0.103. The molecule has 0 atom stereocenters. The zero-order valence-corrected chi connectivity index (χ0v) is 11.0. The number of carbonyl (C=O) groups is 2. The van der Waals surface area contributed by atoms with Gasteiger partial charge in [0, 0.05) is 11.1 Å². The van der Waals surface area contributed by atoms with Gasteiger partial charge >= 0.3 is 0 Å². The molecule has 0 bridgehead atoms. The van der Waals surface area contributed by atoms with E-state index in [0.717, 1.165) is 0 Å². The summed E-state index contributed by atoms with van der Waals surface area (Å²) in [5, 5.41) is 0. The molecule has 20 heavy (non-hydrogen) atoms. The van der Waals surface area contributed by atoms with E-state index in [1.165, 1.54) is 12.2 Å². The lowest BCUT2D eigenvalue weighted by atomic mass is 10.0. The molecule has 0 fully saturated rings. The first-order chi connectivity index (χ1) is 9.72. The largest absolute Gasteiger partial charge is 0.289 e. The van der Waals surface area contributed by atoms with Gasteiger partial charge < -0.3 is 0 Å². The summed E-state index contributed by atoms with van der Waals surface area (Å²) in [4.78, 5) is 23.7. The first-order valence-electron chi connectivity index (χ1n) is 6.25. The Morgan fingerprint density at radius 2 is 1.50 bits per heavy atom. The minimum atomic E-state index is -0.155. The van der Waals surface area contributed by atoms with Gasteiger partial charge in [-0.1, -0.05) is 67.3 Å². The van der Waals surface area contributed by atoms with Crippen molar-refractivity contribution in [2.24, 2.45) is 0 Å². The Kier molecular flexibility index (Phi) is 4.40. The van der Waals surface area contributed by atoms with Gasteiger partial charge in [-0.05, 0) is 17.7 Å². The van der Waals surface area contributed by atoms with Gasteiger partial charge in [0.05, 0.1) is 0 Å². The molecular formula is C18H14O2. The van der Waals surface area contributed by atoms with Crippen LogP contribution in [0.4, 0.5) is 0 Å². The van der Waals surface area contributed by atoms with Gasteiger partial charge in [0.2, 0.25) is 0 Å². The molecule has 0 saturated heterocycles. The monoisotopic (exact) mass is 262 g/mol. The summed E-state index contributed by atoms with van der Waals surface area (Å²) in [5.74, 6) is -0.246. The highest BCUT2D eigenvalue weighted by molar-refractivity contribution is 6.09. The summed E-state index contributed by atoms with van der Waals surface area (Å²) < 4.78 is 0. The Morgan fingerprint density at radius 3 is 2.20 bits per heavy atom. The van der Waals surface area contributed by atoms with Crippen LogP contribution in [-0.2, 0) is 0 Å². The van der Waals surface area contributed by atoms with Crippen molar-refractivity contribution in [2.45, 2.75) is 0 Å². The third-order valence-corrected chi connectivity index (χ3v) is 2.88. The minimum absolute atomic E-state index is 0.0912. The summed E-state index contributed by atoms with van der Waals surface area (Å²) in [6.07, 6.45) is 4.41. The van der Waals surface area contributed by atoms with Crippen LogP contribution in [0.3, 0.4) is 0 Å². The third kappa shape index (κ3) is 3.18. The van der Waals surface area contributed by atoms with Gasteiger partial charge in [0.15, 0.2) is 11.6 Å². The Morgan fingerprint density at radius 1 is 0.850 bits per heavy atom. The summed E-state index contributed by atoms with van der Waals surface area (Å²) in [7, 11) is 0. The summed E-state index contributed by atoms with van der Waals surface area (Å²) >= 11 is 0. The molecule has 2 nitrogen and oxygen atoms in total. The molecule has 2 rings (SSSR count). The molecule has 2 aromatic rings. The van der Waals surface area contributed by atoms with Crippen molar-refractivity contribution in [1.82, 2.24) is 0 Å². The van der Waals surface area contributed by atoms with E-state index in [1.807, 2.05) is 24.3 Å². The molecule has 2 aromatic carbocycles. The van der Waals surface area contributed by atoms with Gasteiger partial charge in [-0.3, -0.25) is 9.59 Å². The number of hydrogen-bond acceptors (Lipinski definition) is 2. The average molecular weight is 262 g/mol. The quantitative estimate of drug-likeness (QED) is 0.604. The van der Waals surface area contributed by atoms with Crippen molar-refractivity contribution in [2.75, 3.05) is 0 Å². The van der Waals surface area contributed by atoms with E-state index in [9.17, 15) is 9.59 Å². The fraction of sp³-hybridized carbons (Fsp3) is 0. The summed E-state index contributed by atoms with van der Waals surface area (Å²) in [6.45, 7) is 3.48. The van der Waals surface area contributed by atoms with Crippen LogP contribution in [0.2, 0.25) is 0 Å². The van der Waals surface area contributed by atoms with Crippen LogP contribution >= 0.6 is 0 Å². The van der Waals surface area contributed by atoms with Crippen molar-refractivity contribution in [3.8, 4) is 0 Å². The highest BCUT2D eigenvalue weighted by Gasteiger charge is 2.06. The molecule has 98 valence electrons. The van der Waals surface area contributed by atoms with E-state index in [-0.39, 0.29) is 11.6 Å². The topological polar surface area (TPSA) is 34.1 Å². The van der Waals surface area contributed by atoms with Gasteiger partial charge in [-0.15, -0.1) is 0 Å². The maximum atomic E-state index is 12.0. The Bertz CT molecular complexity index is 667. The van der Waals surface area contributed by atoms with Gasteiger partial charge in [0.1, 0.15) is 0 Å². The molecule has 2 heteroatoms. The van der Waals surface area contributed by atoms with Crippen molar-refractivity contribution in [3.05, 3.63) is 90.0 Å². The lowest BCUT2D eigenvalue weighted by Crippen LogP contribution is -1.98. The van der Waals surface area contributed by atoms with Crippen LogP contribution in [-0.4, -0.2) is 11.6 Å². The average Bonchev–Trinajstić information content (AvgIpc) is 2.53. The fourth-order valence-corrected chi connectivity index (χ4v) is 1.84. The number of ketones is 2. The smallest absolute Gasteiger partial charge is 0.185 e. The molecule has 0 heterocycles. The molecule has 0 N–H and O–H groups in total. The minimum Gasteiger partial charge on any atom is -0.289 e. The van der Waals surface area contributed by atoms with E-state index in [2.05, 4.69) is 6.58 Å². The SMILES string of the molecule is C=CC(=O)c1ccccc1/C=C/C(=O)c1ccccc1. The van der Waals surface area contributed by atoms with Crippen LogP contribution in [0.15, 0.2) is 73.3 Å². The molecule has 0 amide bonds. The lowest BCUT2D eigenvalue weighted by Gasteiger charge is -2.01. The van der Waals surface area contributed by atoms with Crippen LogP contribution in [0.1, 0.15) is 26.3 Å². The maximum Gasteiger partial charge on any atom is 0.185 e. The Hall–Kier alpha value is -2.74. The molecule has 0 unspecified atom stereocenters. The van der Waals surface area contributed by atoms with E-state index in [1.54, 1.807) is 36.4 Å². The zero-order valence-electron chi connectivity index (χ0n) is 11.0. The number of hydrogen-bond donors (Lipinski definition) is 0. The van der Waals surface area contributed by atoms with Crippen LogP contribution in [0, 0.1) is 0 Å².